The van der Waals surface area contributed by atoms with Crippen LogP contribution >= 0.6 is 0 Å². The van der Waals surface area contributed by atoms with Crippen molar-refractivity contribution in [3.05, 3.63) is 0 Å². The van der Waals surface area contributed by atoms with Crippen molar-refractivity contribution < 1.29 is 5.11 Å². The fraction of sp³-hybridized carbons (Fsp3) is 1.00. The molecular weight excluding hydrogens is 222 g/mol. The Bertz CT molecular complexity index is 241. The van der Waals surface area contributed by atoms with Crippen LogP contribution in [0.1, 0.15) is 65.2 Å². The number of hydrogen-bond donors (Lipinski definition) is 1. The summed E-state index contributed by atoms with van der Waals surface area (Å²) >= 11 is 0. The van der Waals surface area contributed by atoms with Crippen molar-refractivity contribution >= 4 is 0 Å². The quantitative estimate of drug-likeness (QED) is 0.811. The topological polar surface area (TPSA) is 23.5 Å². The van der Waals surface area contributed by atoms with E-state index >= 15 is 0 Å². The second kappa shape index (κ2) is 6.91. The molecule has 2 rings (SSSR count). The van der Waals surface area contributed by atoms with Crippen LogP contribution in [0, 0.1) is 11.8 Å². The van der Waals surface area contributed by atoms with Crippen LogP contribution in [-0.4, -0.2) is 35.2 Å². The highest BCUT2D eigenvalue weighted by atomic mass is 16.3. The summed E-state index contributed by atoms with van der Waals surface area (Å²) in [5.41, 5.74) is 0. The first-order valence-corrected chi connectivity index (χ1v) is 8.10. The maximum Gasteiger partial charge on any atom is 0.0583 e. The maximum atomic E-state index is 10.1. The van der Waals surface area contributed by atoms with Crippen LogP contribution < -0.4 is 0 Å². The SMILES string of the molecule is CC(C)CCCN1CCCCC1C1CCCC1O. The van der Waals surface area contributed by atoms with Crippen molar-refractivity contribution in [3.8, 4) is 0 Å². The molecule has 2 fully saturated rings. The largest absolute Gasteiger partial charge is 0.393 e. The van der Waals surface area contributed by atoms with Gasteiger partial charge in [0, 0.05) is 12.0 Å². The molecule has 1 heterocycles. The Morgan fingerprint density at radius 1 is 1.11 bits per heavy atom. The lowest BCUT2D eigenvalue weighted by molar-refractivity contribution is 0.0343. The number of likely N-dealkylation sites (tertiary alicyclic amines) is 1. The van der Waals surface area contributed by atoms with Gasteiger partial charge in [-0.25, -0.2) is 0 Å². The smallest absolute Gasteiger partial charge is 0.0583 e. The van der Waals surface area contributed by atoms with Gasteiger partial charge in [0.2, 0.25) is 0 Å². The molecule has 2 aliphatic rings. The van der Waals surface area contributed by atoms with Gasteiger partial charge in [0.15, 0.2) is 0 Å². The molecule has 1 aliphatic carbocycles. The summed E-state index contributed by atoms with van der Waals surface area (Å²) in [6.45, 7) is 7.15. The first kappa shape index (κ1) is 14.3. The van der Waals surface area contributed by atoms with E-state index < -0.39 is 0 Å². The van der Waals surface area contributed by atoms with Crippen LogP contribution in [0.3, 0.4) is 0 Å². The number of piperidine rings is 1. The molecule has 2 heteroatoms. The third-order valence-electron chi connectivity index (χ3n) is 4.92. The minimum Gasteiger partial charge on any atom is -0.393 e. The van der Waals surface area contributed by atoms with E-state index in [0.29, 0.717) is 12.0 Å². The summed E-state index contributed by atoms with van der Waals surface area (Å²) in [5.74, 6) is 1.40. The average Bonchev–Trinajstić information content (AvgIpc) is 2.76. The van der Waals surface area contributed by atoms with E-state index in [2.05, 4.69) is 18.7 Å². The van der Waals surface area contributed by atoms with Gasteiger partial charge in [0.05, 0.1) is 6.10 Å². The van der Waals surface area contributed by atoms with E-state index in [0.717, 1.165) is 12.3 Å². The van der Waals surface area contributed by atoms with Crippen LogP contribution in [0.5, 0.6) is 0 Å². The minimum absolute atomic E-state index is 0.0132. The van der Waals surface area contributed by atoms with Gasteiger partial charge < -0.3 is 10.0 Å². The highest BCUT2D eigenvalue weighted by Crippen LogP contribution is 2.35. The van der Waals surface area contributed by atoms with Crippen LogP contribution in [-0.2, 0) is 0 Å². The molecule has 3 atom stereocenters. The van der Waals surface area contributed by atoms with E-state index in [-0.39, 0.29) is 6.10 Å². The Balaban J connectivity index is 1.85. The fourth-order valence-electron chi connectivity index (χ4n) is 3.90. The molecule has 2 nitrogen and oxygen atoms in total. The summed E-state index contributed by atoms with van der Waals surface area (Å²) < 4.78 is 0. The van der Waals surface area contributed by atoms with Crippen LogP contribution in [0.4, 0.5) is 0 Å². The van der Waals surface area contributed by atoms with E-state index in [1.807, 2.05) is 0 Å². The molecule has 0 aromatic heterocycles. The Hall–Kier alpha value is -0.0800. The lowest BCUT2D eigenvalue weighted by Crippen LogP contribution is -2.46. The normalized spacial score (nSPS) is 34.3. The average molecular weight is 253 g/mol. The minimum atomic E-state index is -0.0132. The lowest BCUT2D eigenvalue weighted by atomic mass is 9.87. The molecule has 3 unspecified atom stereocenters. The van der Waals surface area contributed by atoms with E-state index in [4.69, 9.17) is 0 Å². The zero-order chi connectivity index (χ0) is 13.0. The molecule has 1 saturated carbocycles. The molecule has 0 aromatic carbocycles. The van der Waals surface area contributed by atoms with E-state index in [9.17, 15) is 5.11 Å². The molecule has 0 aromatic rings. The first-order valence-electron chi connectivity index (χ1n) is 8.10. The standard InChI is InChI=1S/C16H31NO/c1-13(2)7-6-12-17-11-4-3-9-15(17)14-8-5-10-16(14)18/h13-16,18H,3-12H2,1-2H3. The predicted octanol–water partition coefficient (Wildman–Crippen LogP) is 3.44. The molecule has 0 bridgehead atoms. The van der Waals surface area contributed by atoms with Gasteiger partial charge in [-0.2, -0.15) is 0 Å². The zero-order valence-corrected chi connectivity index (χ0v) is 12.3. The van der Waals surface area contributed by atoms with Crippen molar-refractivity contribution in [2.75, 3.05) is 13.1 Å². The van der Waals surface area contributed by atoms with Crippen molar-refractivity contribution in [3.63, 3.8) is 0 Å². The second-order valence-electron chi connectivity index (χ2n) is 6.80. The second-order valence-corrected chi connectivity index (χ2v) is 6.80. The zero-order valence-electron chi connectivity index (χ0n) is 12.3. The van der Waals surface area contributed by atoms with E-state index in [1.54, 1.807) is 0 Å². The van der Waals surface area contributed by atoms with Gasteiger partial charge in [-0.05, 0) is 57.5 Å². The Kier molecular flexibility index (Phi) is 5.50. The van der Waals surface area contributed by atoms with Crippen molar-refractivity contribution in [2.24, 2.45) is 11.8 Å². The van der Waals surface area contributed by atoms with Crippen LogP contribution in [0.25, 0.3) is 0 Å². The first-order chi connectivity index (χ1) is 8.68. The third-order valence-corrected chi connectivity index (χ3v) is 4.92. The van der Waals surface area contributed by atoms with Gasteiger partial charge in [-0.3, -0.25) is 0 Å². The molecule has 18 heavy (non-hydrogen) atoms. The van der Waals surface area contributed by atoms with E-state index in [1.165, 1.54) is 58.0 Å². The number of aliphatic hydroxyl groups is 1. The Morgan fingerprint density at radius 2 is 1.94 bits per heavy atom. The van der Waals surface area contributed by atoms with Gasteiger partial charge in [-0.1, -0.05) is 26.7 Å². The predicted molar refractivity (Wildman–Crippen MR) is 76.6 cm³/mol. The van der Waals surface area contributed by atoms with Crippen LogP contribution in [0.15, 0.2) is 0 Å². The molecule has 0 amide bonds. The molecule has 0 radical (unpaired) electrons. The lowest BCUT2D eigenvalue weighted by Gasteiger charge is -2.40. The van der Waals surface area contributed by atoms with Crippen molar-refractivity contribution in [2.45, 2.75) is 77.4 Å². The number of rotatable bonds is 5. The molecule has 1 aliphatic heterocycles. The monoisotopic (exact) mass is 253 g/mol. The summed E-state index contributed by atoms with van der Waals surface area (Å²) in [5, 5.41) is 10.1. The number of hydrogen-bond acceptors (Lipinski definition) is 2. The molecular formula is C16H31NO. The maximum absolute atomic E-state index is 10.1. The Morgan fingerprint density at radius 3 is 2.61 bits per heavy atom. The number of nitrogens with zero attached hydrogens (tertiary/aromatic N) is 1. The third kappa shape index (κ3) is 3.71. The number of aliphatic hydroxyl groups excluding tert-OH is 1. The highest BCUT2D eigenvalue weighted by molar-refractivity contribution is 4.90. The van der Waals surface area contributed by atoms with Gasteiger partial charge in [-0.15, -0.1) is 0 Å². The fourth-order valence-corrected chi connectivity index (χ4v) is 3.90. The summed E-state index contributed by atoms with van der Waals surface area (Å²) in [6.07, 6.45) is 10.3. The van der Waals surface area contributed by atoms with Gasteiger partial charge in [0.25, 0.3) is 0 Å². The molecule has 0 spiro atoms. The van der Waals surface area contributed by atoms with Crippen molar-refractivity contribution in [1.82, 2.24) is 4.90 Å². The highest BCUT2D eigenvalue weighted by Gasteiger charge is 2.36. The van der Waals surface area contributed by atoms with Gasteiger partial charge >= 0.3 is 0 Å². The summed E-state index contributed by atoms with van der Waals surface area (Å²) in [6, 6.07) is 0.684. The summed E-state index contributed by atoms with van der Waals surface area (Å²) in [4.78, 5) is 2.70. The summed E-state index contributed by atoms with van der Waals surface area (Å²) in [7, 11) is 0. The molecule has 106 valence electrons. The molecule has 1 saturated heterocycles. The molecule has 1 N–H and O–H groups in total. The Labute approximate surface area is 113 Å². The van der Waals surface area contributed by atoms with Crippen molar-refractivity contribution in [1.29, 1.82) is 0 Å². The van der Waals surface area contributed by atoms with Gasteiger partial charge in [0.1, 0.15) is 0 Å². The van der Waals surface area contributed by atoms with Crippen LogP contribution in [0.2, 0.25) is 0 Å².